The van der Waals surface area contributed by atoms with E-state index in [1.54, 1.807) is 6.33 Å². The fourth-order valence-electron chi connectivity index (χ4n) is 3.50. The first-order chi connectivity index (χ1) is 12.6. The van der Waals surface area contributed by atoms with Crippen LogP contribution in [-0.2, 0) is 12.8 Å². The molecular weight excluding hydrogens is 324 g/mol. The summed E-state index contributed by atoms with van der Waals surface area (Å²) in [7, 11) is 0. The van der Waals surface area contributed by atoms with Gasteiger partial charge in [0.05, 0.1) is 6.04 Å². The highest BCUT2D eigenvalue weighted by molar-refractivity contribution is 5.60. The second-order valence-electron chi connectivity index (χ2n) is 7.10. The highest BCUT2D eigenvalue weighted by atomic mass is 15.3. The minimum atomic E-state index is 0.0168. The maximum absolute atomic E-state index is 4.86. The summed E-state index contributed by atoms with van der Waals surface area (Å²) in [5.74, 6) is 2.63. The van der Waals surface area contributed by atoms with Crippen LogP contribution in [0.25, 0.3) is 11.4 Å². The maximum Gasteiger partial charge on any atom is 0.161 e. The molecule has 1 unspecified atom stereocenters. The standard InChI is InChI=1S/C20H24N6/c1-13(2)26-12-21-25-20(26)14(3)22-19-16-10-7-11-17(16)23-18(24-19)15-8-5-4-6-9-15/h4-6,8-9,12-14H,7,10-11H2,1-3H3,(H,22,23,24). The number of aryl methyl sites for hydroxylation is 1. The Morgan fingerprint density at radius 3 is 2.62 bits per heavy atom. The van der Waals surface area contributed by atoms with Crippen molar-refractivity contribution in [2.45, 2.75) is 52.1 Å². The molecule has 0 spiro atoms. The van der Waals surface area contributed by atoms with Gasteiger partial charge in [0.1, 0.15) is 12.1 Å². The SMILES string of the molecule is CC(Nc1nc(-c2ccccc2)nc2c1CCC2)c1nncn1C(C)C. The lowest BCUT2D eigenvalue weighted by Crippen LogP contribution is -2.17. The molecule has 3 aromatic rings. The fourth-order valence-corrected chi connectivity index (χ4v) is 3.50. The van der Waals surface area contributed by atoms with Crippen molar-refractivity contribution < 1.29 is 0 Å². The second-order valence-corrected chi connectivity index (χ2v) is 7.10. The van der Waals surface area contributed by atoms with E-state index < -0.39 is 0 Å². The van der Waals surface area contributed by atoms with Crippen LogP contribution in [0.3, 0.4) is 0 Å². The molecule has 2 aromatic heterocycles. The van der Waals surface area contributed by atoms with Crippen molar-refractivity contribution in [3.63, 3.8) is 0 Å². The van der Waals surface area contributed by atoms with Crippen molar-refractivity contribution >= 4 is 5.82 Å². The largest absolute Gasteiger partial charge is 0.360 e. The summed E-state index contributed by atoms with van der Waals surface area (Å²) in [5.41, 5.74) is 3.45. The summed E-state index contributed by atoms with van der Waals surface area (Å²) >= 11 is 0. The zero-order valence-corrected chi connectivity index (χ0v) is 15.5. The molecule has 0 bridgehead atoms. The summed E-state index contributed by atoms with van der Waals surface area (Å²) < 4.78 is 2.09. The van der Waals surface area contributed by atoms with E-state index in [0.717, 1.165) is 42.3 Å². The number of nitrogens with zero attached hydrogens (tertiary/aromatic N) is 5. The van der Waals surface area contributed by atoms with Crippen LogP contribution in [0.2, 0.25) is 0 Å². The predicted octanol–water partition coefficient (Wildman–Crippen LogP) is 3.98. The van der Waals surface area contributed by atoms with Crippen molar-refractivity contribution in [3.8, 4) is 11.4 Å². The number of nitrogens with one attached hydrogen (secondary N) is 1. The summed E-state index contributed by atoms with van der Waals surface area (Å²) in [4.78, 5) is 9.68. The van der Waals surface area contributed by atoms with Crippen molar-refractivity contribution in [3.05, 3.63) is 53.7 Å². The van der Waals surface area contributed by atoms with Crippen LogP contribution in [0.4, 0.5) is 5.82 Å². The molecule has 1 aliphatic carbocycles. The molecule has 1 aromatic carbocycles. The maximum atomic E-state index is 4.86. The Morgan fingerprint density at radius 1 is 1.04 bits per heavy atom. The monoisotopic (exact) mass is 348 g/mol. The smallest absolute Gasteiger partial charge is 0.161 e. The summed E-state index contributed by atoms with van der Waals surface area (Å²) in [6, 6.07) is 10.5. The van der Waals surface area contributed by atoms with Crippen molar-refractivity contribution in [1.82, 2.24) is 24.7 Å². The number of aromatic nitrogens is 5. The molecule has 6 heteroatoms. The van der Waals surface area contributed by atoms with Crippen LogP contribution in [-0.4, -0.2) is 24.7 Å². The molecule has 0 saturated carbocycles. The van der Waals surface area contributed by atoms with E-state index in [4.69, 9.17) is 9.97 Å². The first-order valence-corrected chi connectivity index (χ1v) is 9.24. The average Bonchev–Trinajstić information content (AvgIpc) is 3.31. The highest BCUT2D eigenvalue weighted by Crippen LogP contribution is 2.31. The Morgan fingerprint density at radius 2 is 1.85 bits per heavy atom. The lowest BCUT2D eigenvalue weighted by Gasteiger charge is -2.19. The summed E-state index contributed by atoms with van der Waals surface area (Å²) in [6.07, 6.45) is 4.96. The fraction of sp³-hybridized carbons (Fsp3) is 0.400. The second kappa shape index (κ2) is 6.86. The molecule has 1 aliphatic rings. The number of benzene rings is 1. The molecule has 1 N–H and O–H groups in total. The first kappa shape index (κ1) is 16.7. The number of anilines is 1. The van der Waals surface area contributed by atoms with E-state index >= 15 is 0 Å². The van der Waals surface area contributed by atoms with Gasteiger partial charge in [-0.3, -0.25) is 0 Å². The van der Waals surface area contributed by atoms with Crippen LogP contribution >= 0.6 is 0 Å². The highest BCUT2D eigenvalue weighted by Gasteiger charge is 2.23. The molecule has 26 heavy (non-hydrogen) atoms. The van der Waals surface area contributed by atoms with Gasteiger partial charge in [-0.05, 0) is 40.0 Å². The van der Waals surface area contributed by atoms with Crippen molar-refractivity contribution in [2.24, 2.45) is 0 Å². The number of hydrogen-bond acceptors (Lipinski definition) is 5. The zero-order valence-electron chi connectivity index (χ0n) is 15.5. The summed E-state index contributed by atoms with van der Waals surface area (Å²) in [5, 5.41) is 12.0. The van der Waals surface area contributed by atoms with E-state index in [1.165, 1.54) is 11.3 Å². The van der Waals surface area contributed by atoms with Crippen LogP contribution < -0.4 is 5.32 Å². The van der Waals surface area contributed by atoms with Gasteiger partial charge in [-0.1, -0.05) is 30.3 Å². The zero-order chi connectivity index (χ0) is 18.1. The third kappa shape index (κ3) is 3.07. The van der Waals surface area contributed by atoms with E-state index in [9.17, 15) is 0 Å². The molecule has 134 valence electrons. The van der Waals surface area contributed by atoms with Crippen molar-refractivity contribution in [1.29, 1.82) is 0 Å². The molecule has 4 rings (SSSR count). The van der Waals surface area contributed by atoms with Gasteiger partial charge < -0.3 is 9.88 Å². The Labute approximate surface area is 153 Å². The van der Waals surface area contributed by atoms with E-state index in [2.05, 4.69) is 53.0 Å². The van der Waals surface area contributed by atoms with Gasteiger partial charge >= 0.3 is 0 Å². The van der Waals surface area contributed by atoms with E-state index in [1.807, 2.05) is 18.2 Å². The normalized spacial score (nSPS) is 14.5. The molecule has 0 radical (unpaired) electrons. The average molecular weight is 348 g/mol. The van der Waals surface area contributed by atoms with Gasteiger partial charge in [0, 0.05) is 22.9 Å². The number of hydrogen-bond donors (Lipinski definition) is 1. The Bertz CT molecular complexity index is 900. The first-order valence-electron chi connectivity index (χ1n) is 9.24. The Kier molecular flexibility index (Phi) is 4.41. The van der Waals surface area contributed by atoms with Gasteiger partial charge in [0.15, 0.2) is 11.6 Å². The molecular formula is C20H24N6. The van der Waals surface area contributed by atoms with Crippen LogP contribution in [0.5, 0.6) is 0 Å². The van der Waals surface area contributed by atoms with Crippen LogP contribution in [0, 0.1) is 0 Å². The summed E-state index contributed by atoms with van der Waals surface area (Å²) in [6.45, 7) is 6.37. The van der Waals surface area contributed by atoms with Gasteiger partial charge in [0.2, 0.25) is 0 Å². The minimum Gasteiger partial charge on any atom is -0.360 e. The molecule has 0 aliphatic heterocycles. The van der Waals surface area contributed by atoms with Crippen molar-refractivity contribution in [2.75, 3.05) is 5.32 Å². The molecule has 0 fully saturated rings. The third-order valence-electron chi connectivity index (χ3n) is 4.86. The van der Waals surface area contributed by atoms with Crippen LogP contribution in [0.15, 0.2) is 36.7 Å². The topological polar surface area (TPSA) is 68.5 Å². The number of fused-ring (bicyclic) bond motifs is 1. The van der Waals surface area contributed by atoms with Gasteiger partial charge in [-0.25, -0.2) is 9.97 Å². The minimum absolute atomic E-state index is 0.0168. The molecule has 1 atom stereocenters. The molecule has 0 amide bonds. The Hall–Kier alpha value is -2.76. The molecule has 6 nitrogen and oxygen atoms in total. The van der Waals surface area contributed by atoms with Gasteiger partial charge in [-0.2, -0.15) is 0 Å². The lowest BCUT2D eigenvalue weighted by atomic mass is 10.1. The molecule has 0 saturated heterocycles. The van der Waals surface area contributed by atoms with Gasteiger partial charge in [0.25, 0.3) is 0 Å². The van der Waals surface area contributed by atoms with Gasteiger partial charge in [-0.15, -0.1) is 10.2 Å². The lowest BCUT2D eigenvalue weighted by molar-refractivity contribution is 0.552. The predicted molar refractivity (Wildman–Crippen MR) is 102 cm³/mol. The van der Waals surface area contributed by atoms with E-state index in [0.29, 0.717) is 6.04 Å². The Balaban J connectivity index is 1.70. The van der Waals surface area contributed by atoms with Crippen LogP contribution in [0.1, 0.15) is 56.4 Å². The van der Waals surface area contributed by atoms with E-state index in [-0.39, 0.29) is 6.04 Å². The molecule has 2 heterocycles. The quantitative estimate of drug-likeness (QED) is 0.755. The third-order valence-corrected chi connectivity index (χ3v) is 4.86. The number of rotatable bonds is 5.